The maximum Gasteiger partial charge on any atom is 0.433 e. The standard InChI is InChI=1S/C35H39F3N8O4.CH2O2/c1-34(2,3)50-33(49)41-20-22-8-12-25(13-9-22)32(48)46(26-16-14-24(15-17-26)31-42-44-45-43-31)28(30(39)47)19-21-6-10-23(11-7-21)27-5-4-18-40-29(27)35(36,37)38;2-1-3/h4-7,10-11,14-18,22,25,28H,8-9,12-13,19-20H2,1-3H3,(H2,39,47)(H,41,49)(H,42,43,44,45);1H,(H,2,3)/t22?,25?,28-;/m0./s1. The van der Waals surface area contributed by atoms with Crippen molar-refractivity contribution in [3.05, 3.63) is 78.1 Å². The van der Waals surface area contributed by atoms with Gasteiger partial charge in [-0.25, -0.2) is 4.79 Å². The molecule has 0 bridgehead atoms. The fourth-order valence-corrected chi connectivity index (χ4v) is 6.09. The Balaban J connectivity index is 0.00000202. The third-order valence-electron chi connectivity index (χ3n) is 8.53. The number of anilines is 1. The Morgan fingerprint density at radius 3 is 2.19 bits per heavy atom. The second kappa shape index (κ2) is 17.6. The van der Waals surface area contributed by atoms with E-state index in [0.29, 0.717) is 60.4 Å². The maximum absolute atomic E-state index is 14.3. The zero-order valence-corrected chi connectivity index (χ0v) is 29.3. The first-order valence-corrected chi connectivity index (χ1v) is 16.7. The number of carboxylic acid groups (broad SMARTS) is 1. The normalized spacial score (nSPS) is 16.3. The number of nitrogens with one attached hydrogen (secondary N) is 2. The summed E-state index contributed by atoms with van der Waals surface area (Å²) >= 11 is 0. The van der Waals surface area contributed by atoms with Gasteiger partial charge in [-0.05, 0) is 99.0 Å². The number of aromatic amines is 1. The molecule has 5 rings (SSSR count). The van der Waals surface area contributed by atoms with E-state index in [-0.39, 0.29) is 30.3 Å². The highest BCUT2D eigenvalue weighted by molar-refractivity contribution is 6.01. The number of rotatable bonds is 10. The van der Waals surface area contributed by atoms with E-state index in [0.717, 1.165) is 6.20 Å². The Labute approximate surface area is 303 Å². The third-order valence-corrected chi connectivity index (χ3v) is 8.53. The van der Waals surface area contributed by atoms with Crippen molar-refractivity contribution in [3.8, 4) is 22.5 Å². The molecule has 1 atom stereocenters. The number of aromatic nitrogens is 5. The fourth-order valence-electron chi connectivity index (χ4n) is 6.09. The number of tetrazole rings is 1. The van der Waals surface area contributed by atoms with E-state index in [1.54, 1.807) is 57.2 Å². The number of hydrogen-bond acceptors (Lipinski definition) is 9. The number of carbonyl (C=O) groups is 4. The number of ether oxygens (including phenoxy) is 1. The molecule has 1 aliphatic rings. The van der Waals surface area contributed by atoms with Gasteiger partial charge in [0.15, 0.2) is 5.69 Å². The van der Waals surface area contributed by atoms with Crippen LogP contribution < -0.4 is 16.0 Å². The Kier molecular flexibility index (Phi) is 13.2. The first-order chi connectivity index (χ1) is 25.1. The molecule has 2 aromatic heterocycles. The second-order valence-corrected chi connectivity index (χ2v) is 13.4. The summed E-state index contributed by atoms with van der Waals surface area (Å²) in [6, 6.07) is 14.7. The van der Waals surface area contributed by atoms with Crippen molar-refractivity contribution in [2.24, 2.45) is 17.6 Å². The Morgan fingerprint density at radius 1 is 1.02 bits per heavy atom. The molecule has 0 radical (unpaired) electrons. The second-order valence-electron chi connectivity index (χ2n) is 13.4. The molecule has 0 saturated heterocycles. The van der Waals surface area contributed by atoms with Gasteiger partial charge in [-0.2, -0.15) is 18.4 Å². The SMILES string of the molecule is CC(C)(C)OC(=O)NCC1CCC(C(=O)N(c2ccc(-c3nn[nH]n3)cc2)[C@@H](Cc2ccc(-c3cccnc3C(F)(F)F)cc2)C(N)=O)CC1.O=CO. The van der Waals surface area contributed by atoms with Gasteiger partial charge in [0.25, 0.3) is 6.47 Å². The van der Waals surface area contributed by atoms with E-state index >= 15 is 0 Å². The molecule has 1 fully saturated rings. The summed E-state index contributed by atoms with van der Waals surface area (Å²) < 4.78 is 46.2. The van der Waals surface area contributed by atoms with Crippen LogP contribution in [0.25, 0.3) is 22.5 Å². The van der Waals surface area contributed by atoms with Crippen LogP contribution in [0.15, 0.2) is 66.9 Å². The van der Waals surface area contributed by atoms with Gasteiger partial charge >= 0.3 is 12.3 Å². The van der Waals surface area contributed by atoms with Gasteiger partial charge in [0, 0.05) is 41.9 Å². The lowest BCUT2D eigenvalue weighted by molar-refractivity contribution is -0.140. The molecule has 17 heteroatoms. The number of alkyl halides is 3. The van der Waals surface area contributed by atoms with E-state index in [9.17, 15) is 27.6 Å². The van der Waals surface area contributed by atoms with Crippen LogP contribution in [-0.2, 0) is 31.7 Å². The highest BCUT2D eigenvalue weighted by atomic mass is 19.4. The summed E-state index contributed by atoms with van der Waals surface area (Å²) in [5.74, 6) is -0.938. The highest BCUT2D eigenvalue weighted by Gasteiger charge is 2.37. The monoisotopic (exact) mass is 738 g/mol. The minimum Gasteiger partial charge on any atom is -0.483 e. The van der Waals surface area contributed by atoms with Gasteiger partial charge in [-0.3, -0.25) is 24.3 Å². The number of halogens is 3. The van der Waals surface area contributed by atoms with Crippen molar-refractivity contribution in [3.63, 3.8) is 0 Å². The summed E-state index contributed by atoms with van der Waals surface area (Å²) in [5, 5.41) is 23.6. The average Bonchev–Trinajstić information content (AvgIpc) is 3.66. The van der Waals surface area contributed by atoms with Crippen molar-refractivity contribution in [2.75, 3.05) is 11.4 Å². The third kappa shape index (κ3) is 11.1. The van der Waals surface area contributed by atoms with E-state index in [1.807, 2.05) is 0 Å². The molecular weight excluding hydrogens is 697 g/mol. The number of amides is 3. The Bertz CT molecular complexity index is 1820. The smallest absolute Gasteiger partial charge is 0.433 e. The minimum absolute atomic E-state index is 0.0161. The van der Waals surface area contributed by atoms with E-state index in [2.05, 4.69) is 30.9 Å². The molecule has 282 valence electrons. The lowest BCUT2D eigenvalue weighted by Crippen LogP contribution is -2.52. The van der Waals surface area contributed by atoms with E-state index in [4.69, 9.17) is 20.4 Å². The van der Waals surface area contributed by atoms with Crippen LogP contribution in [0.5, 0.6) is 0 Å². The van der Waals surface area contributed by atoms with Crippen LogP contribution >= 0.6 is 0 Å². The van der Waals surface area contributed by atoms with Crippen molar-refractivity contribution >= 4 is 30.1 Å². The van der Waals surface area contributed by atoms with E-state index in [1.165, 1.54) is 29.2 Å². The van der Waals surface area contributed by atoms with Gasteiger partial charge in [0.1, 0.15) is 11.6 Å². The van der Waals surface area contributed by atoms with Crippen LogP contribution in [0.4, 0.5) is 23.7 Å². The van der Waals surface area contributed by atoms with Gasteiger partial charge < -0.3 is 20.9 Å². The molecule has 3 amide bonds. The lowest BCUT2D eigenvalue weighted by Gasteiger charge is -2.36. The minimum atomic E-state index is -4.64. The number of alkyl carbamates (subject to hydrolysis) is 1. The summed E-state index contributed by atoms with van der Waals surface area (Å²) in [5.41, 5.74) is 6.23. The number of hydrogen-bond donors (Lipinski definition) is 4. The zero-order valence-electron chi connectivity index (χ0n) is 29.3. The molecule has 53 heavy (non-hydrogen) atoms. The molecule has 1 aliphatic carbocycles. The Hall–Kier alpha value is -5.87. The van der Waals surface area contributed by atoms with Crippen LogP contribution in [-0.4, -0.2) is 73.3 Å². The molecule has 0 aliphatic heterocycles. The quantitative estimate of drug-likeness (QED) is 0.152. The molecule has 2 heterocycles. The number of nitrogens with zero attached hydrogens (tertiary/aromatic N) is 5. The molecule has 4 aromatic rings. The van der Waals surface area contributed by atoms with Crippen molar-refractivity contribution in [1.82, 2.24) is 30.9 Å². The molecule has 1 saturated carbocycles. The van der Waals surface area contributed by atoms with Crippen molar-refractivity contribution in [2.45, 2.75) is 70.7 Å². The summed E-state index contributed by atoms with van der Waals surface area (Å²) in [4.78, 5) is 52.9. The first-order valence-electron chi connectivity index (χ1n) is 16.7. The molecule has 0 unspecified atom stereocenters. The van der Waals surface area contributed by atoms with Crippen LogP contribution in [0.2, 0.25) is 0 Å². The average molecular weight is 739 g/mol. The van der Waals surface area contributed by atoms with Crippen LogP contribution in [0, 0.1) is 11.8 Å². The maximum atomic E-state index is 14.3. The molecule has 14 nitrogen and oxygen atoms in total. The topological polar surface area (TPSA) is 206 Å². The number of nitrogens with two attached hydrogens (primary N) is 1. The fraction of sp³-hybridized carbons (Fsp3) is 0.389. The number of pyridine rings is 1. The number of benzene rings is 2. The van der Waals surface area contributed by atoms with Crippen molar-refractivity contribution in [1.29, 1.82) is 0 Å². The number of carbonyl (C=O) groups excluding carboxylic acids is 3. The molecule has 2 aromatic carbocycles. The molecule has 5 N–H and O–H groups in total. The summed E-state index contributed by atoms with van der Waals surface area (Å²) in [6.45, 7) is 5.54. The van der Waals surface area contributed by atoms with Gasteiger partial charge in [-0.15, -0.1) is 10.2 Å². The summed E-state index contributed by atoms with van der Waals surface area (Å²) in [6.07, 6.45) is -1.62. The van der Waals surface area contributed by atoms with Crippen molar-refractivity contribution < 1.29 is 42.2 Å². The summed E-state index contributed by atoms with van der Waals surface area (Å²) in [7, 11) is 0. The van der Waals surface area contributed by atoms with Crippen LogP contribution in [0.3, 0.4) is 0 Å². The molecule has 0 spiro atoms. The van der Waals surface area contributed by atoms with E-state index < -0.39 is 41.4 Å². The van der Waals surface area contributed by atoms with Gasteiger partial charge in [0.2, 0.25) is 17.6 Å². The predicted octanol–water partition coefficient (Wildman–Crippen LogP) is 5.41. The zero-order chi connectivity index (χ0) is 38.8. The largest absolute Gasteiger partial charge is 0.483 e. The Morgan fingerprint density at radius 2 is 1.64 bits per heavy atom. The first kappa shape index (κ1) is 39.9. The van der Waals surface area contributed by atoms with Crippen LogP contribution in [0.1, 0.15) is 57.7 Å². The van der Waals surface area contributed by atoms with Gasteiger partial charge in [-0.1, -0.05) is 30.3 Å². The highest BCUT2D eigenvalue weighted by Crippen LogP contribution is 2.36. The lowest BCUT2D eigenvalue weighted by atomic mass is 9.81. The number of primary amides is 1. The number of H-pyrrole nitrogens is 1. The predicted molar refractivity (Wildman–Crippen MR) is 187 cm³/mol. The molecular formula is C36H41F3N8O6. The van der Waals surface area contributed by atoms with Gasteiger partial charge in [0.05, 0.1) is 0 Å².